The second-order valence-electron chi connectivity index (χ2n) is 6.26. The van der Waals surface area contributed by atoms with E-state index in [0.29, 0.717) is 5.92 Å². The maximum Gasteiger partial charge on any atom is 0.0715 e. The molecule has 1 heterocycles. The van der Waals surface area contributed by atoms with Gasteiger partial charge < -0.3 is 0 Å². The van der Waals surface area contributed by atoms with Crippen LogP contribution in [0.1, 0.15) is 25.3 Å². The largest absolute Gasteiger partial charge is 0.248 e. The van der Waals surface area contributed by atoms with E-state index in [0.717, 1.165) is 11.0 Å². The fourth-order valence-corrected chi connectivity index (χ4v) is 3.36. The summed E-state index contributed by atoms with van der Waals surface area (Å²) in [5, 5.41) is 2.44. The normalized spacial score (nSPS) is 11.4. The lowest BCUT2D eigenvalue weighted by Gasteiger charge is -2.17. The standard InChI is InChI=1S/C22H19N/c1-15(2)16-9-3-4-10-17(16)22-18-11-5-7-13-20(18)23-21-14-8-6-12-19(21)22/h3-15H,1-2H3. The molecule has 0 saturated carbocycles. The Morgan fingerprint density at radius 3 is 1.78 bits per heavy atom. The molecule has 0 aliphatic carbocycles. The van der Waals surface area contributed by atoms with E-state index in [2.05, 4.69) is 86.6 Å². The van der Waals surface area contributed by atoms with Gasteiger partial charge in [-0.1, -0.05) is 74.5 Å². The molecule has 0 radical (unpaired) electrons. The van der Waals surface area contributed by atoms with Crippen molar-refractivity contribution < 1.29 is 0 Å². The van der Waals surface area contributed by atoms with E-state index in [1.54, 1.807) is 0 Å². The van der Waals surface area contributed by atoms with Crippen LogP contribution in [0.15, 0.2) is 72.8 Å². The van der Waals surface area contributed by atoms with E-state index in [9.17, 15) is 0 Å². The molecule has 112 valence electrons. The molecule has 4 rings (SSSR count). The van der Waals surface area contributed by atoms with Gasteiger partial charge in [-0.25, -0.2) is 4.98 Å². The average molecular weight is 297 g/mol. The van der Waals surface area contributed by atoms with Crippen molar-refractivity contribution in [1.29, 1.82) is 0 Å². The van der Waals surface area contributed by atoms with E-state index < -0.39 is 0 Å². The van der Waals surface area contributed by atoms with Crippen LogP contribution < -0.4 is 0 Å². The summed E-state index contributed by atoms with van der Waals surface area (Å²) >= 11 is 0. The number of benzene rings is 3. The third-order valence-electron chi connectivity index (χ3n) is 4.44. The van der Waals surface area contributed by atoms with Crippen LogP contribution in [0.3, 0.4) is 0 Å². The van der Waals surface area contributed by atoms with Crippen LogP contribution in [0, 0.1) is 0 Å². The summed E-state index contributed by atoms with van der Waals surface area (Å²) < 4.78 is 0. The Hall–Kier alpha value is -2.67. The summed E-state index contributed by atoms with van der Waals surface area (Å²) in [4.78, 5) is 4.84. The van der Waals surface area contributed by atoms with Gasteiger partial charge in [0.25, 0.3) is 0 Å². The van der Waals surface area contributed by atoms with Crippen LogP contribution in [0.25, 0.3) is 32.9 Å². The highest BCUT2D eigenvalue weighted by molar-refractivity contribution is 6.09. The van der Waals surface area contributed by atoms with E-state index in [-0.39, 0.29) is 0 Å². The van der Waals surface area contributed by atoms with Crippen LogP contribution in [0.4, 0.5) is 0 Å². The van der Waals surface area contributed by atoms with Gasteiger partial charge in [-0.3, -0.25) is 0 Å². The number of nitrogens with zero attached hydrogens (tertiary/aromatic N) is 1. The molecule has 23 heavy (non-hydrogen) atoms. The molecule has 1 heteroatoms. The smallest absolute Gasteiger partial charge is 0.0715 e. The monoisotopic (exact) mass is 297 g/mol. The van der Waals surface area contributed by atoms with Gasteiger partial charge in [0.2, 0.25) is 0 Å². The SMILES string of the molecule is CC(C)c1ccccc1-c1c2ccccc2nc2ccccc12. The molecular weight excluding hydrogens is 278 g/mol. The van der Waals surface area contributed by atoms with E-state index in [1.165, 1.54) is 27.5 Å². The Balaban J connectivity index is 2.20. The molecule has 0 N–H and O–H groups in total. The quantitative estimate of drug-likeness (QED) is 0.403. The van der Waals surface area contributed by atoms with Crippen LogP contribution >= 0.6 is 0 Å². The van der Waals surface area contributed by atoms with Crippen molar-refractivity contribution in [1.82, 2.24) is 4.98 Å². The van der Waals surface area contributed by atoms with Gasteiger partial charge in [-0.05, 0) is 29.2 Å². The van der Waals surface area contributed by atoms with Crippen LogP contribution in [-0.4, -0.2) is 4.98 Å². The predicted octanol–water partition coefficient (Wildman–Crippen LogP) is 6.18. The zero-order chi connectivity index (χ0) is 15.8. The Morgan fingerprint density at radius 1 is 0.652 bits per heavy atom. The topological polar surface area (TPSA) is 12.9 Å². The second-order valence-corrected chi connectivity index (χ2v) is 6.26. The van der Waals surface area contributed by atoms with Crippen LogP contribution in [0.5, 0.6) is 0 Å². The number of fused-ring (bicyclic) bond motifs is 2. The molecule has 0 aliphatic rings. The first-order valence-corrected chi connectivity index (χ1v) is 8.12. The summed E-state index contributed by atoms with van der Waals surface area (Å²) in [6.07, 6.45) is 0. The minimum atomic E-state index is 0.483. The van der Waals surface area contributed by atoms with Crippen molar-refractivity contribution in [2.75, 3.05) is 0 Å². The highest BCUT2D eigenvalue weighted by atomic mass is 14.7. The highest BCUT2D eigenvalue weighted by Gasteiger charge is 2.14. The van der Waals surface area contributed by atoms with Gasteiger partial charge in [-0.2, -0.15) is 0 Å². The van der Waals surface area contributed by atoms with E-state index >= 15 is 0 Å². The molecule has 1 aromatic heterocycles. The van der Waals surface area contributed by atoms with Crippen molar-refractivity contribution in [2.45, 2.75) is 19.8 Å². The summed E-state index contributed by atoms with van der Waals surface area (Å²) in [6.45, 7) is 4.51. The Morgan fingerprint density at radius 2 is 1.17 bits per heavy atom. The summed E-state index contributed by atoms with van der Waals surface area (Å²) in [6, 6.07) is 25.6. The summed E-state index contributed by atoms with van der Waals surface area (Å²) in [5.74, 6) is 0.483. The zero-order valence-corrected chi connectivity index (χ0v) is 13.5. The molecule has 0 fully saturated rings. The number of hydrogen-bond donors (Lipinski definition) is 0. The maximum absolute atomic E-state index is 4.84. The third-order valence-corrected chi connectivity index (χ3v) is 4.44. The first kappa shape index (κ1) is 14.0. The summed E-state index contributed by atoms with van der Waals surface area (Å²) in [7, 11) is 0. The Labute approximate surface area is 136 Å². The van der Waals surface area contributed by atoms with Gasteiger partial charge in [0.1, 0.15) is 0 Å². The highest BCUT2D eigenvalue weighted by Crippen LogP contribution is 2.38. The van der Waals surface area contributed by atoms with E-state index in [4.69, 9.17) is 4.98 Å². The fourth-order valence-electron chi connectivity index (χ4n) is 3.36. The number of rotatable bonds is 2. The minimum absolute atomic E-state index is 0.483. The van der Waals surface area contributed by atoms with Gasteiger partial charge in [-0.15, -0.1) is 0 Å². The molecule has 0 atom stereocenters. The second kappa shape index (κ2) is 5.51. The number of para-hydroxylation sites is 2. The minimum Gasteiger partial charge on any atom is -0.248 e. The molecule has 1 nitrogen and oxygen atoms in total. The van der Waals surface area contributed by atoms with Gasteiger partial charge in [0, 0.05) is 16.3 Å². The van der Waals surface area contributed by atoms with Crippen molar-refractivity contribution in [2.24, 2.45) is 0 Å². The lowest BCUT2D eigenvalue weighted by molar-refractivity contribution is 0.869. The molecule has 4 aromatic rings. The van der Waals surface area contributed by atoms with Gasteiger partial charge in [0.15, 0.2) is 0 Å². The van der Waals surface area contributed by atoms with Crippen molar-refractivity contribution in [3.05, 3.63) is 78.4 Å². The Kier molecular flexibility index (Phi) is 3.34. The number of hydrogen-bond acceptors (Lipinski definition) is 1. The molecule has 3 aromatic carbocycles. The van der Waals surface area contributed by atoms with Crippen LogP contribution in [-0.2, 0) is 0 Å². The van der Waals surface area contributed by atoms with Crippen molar-refractivity contribution >= 4 is 21.8 Å². The lowest BCUT2D eigenvalue weighted by Crippen LogP contribution is -1.95. The molecule has 0 unspecified atom stereocenters. The molecular formula is C22H19N. The Bertz CT molecular complexity index is 945. The van der Waals surface area contributed by atoms with Crippen LogP contribution in [0.2, 0.25) is 0 Å². The lowest BCUT2D eigenvalue weighted by atomic mass is 9.89. The molecule has 0 bridgehead atoms. The van der Waals surface area contributed by atoms with Gasteiger partial charge in [0.05, 0.1) is 11.0 Å². The predicted molar refractivity (Wildman–Crippen MR) is 98.8 cm³/mol. The molecule has 0 saturated heterocycles. The van der Waals surface area contributed by atoms with Gasteiger partial charge >= 0.3 is 0 Å². The number of pyridine rings is 1. The maximum atomic E-state index is 4.84. The first-order chi connectivity index (χ1) is 11.3. The third kappa shape index (κ3) is 2.29. The average Bonchev–Trinajstić information content (AvgIpc) is 2.59. The fraction of sp³-hybridized carbons (Fsp3) is 0.136. The summed E-state index contributed by atoms with van der Waals surface area (Å²) in [5.41, 5.74) is 6.11. The molecule has 0 aliphatic heterocycles. The van der Waals surface area contributed by atoms with Crippen molar-refractivity contribution in [3.8, 4) is 11.1 Å². The zero-order valence-electron chi connectivity index (χ0n) is 13.5. The number of aromatic nitrogens is 1. The van der Waals surface area contributed by atoms with E-state index in [1.807, 2.05) is 0 Å². The van der Waals surface area contributed by atoms with Crippen molar-refractivity contribution in [3.63, 3.8) is 0 Å². The first-order valence-electron chi connectivity index (χ1n) is 8.12. The molecule has 0 spiro atoms. The molecule has 0 amide bonds.